The van der Waals surface area contributed by atoms with Crippen LogP contribution in [0.5, 0.6) is 0 Å². The molecule has 1 amide bonds. The van der Waals surface area contributed by atoms with Crippen molar-refractivity contribution in [2.75, 3.05) is 4.90 Å². The third-order valence-electron chi connectivity index (χ3n) is 5.55. The summed E-state index contributed by atoms with van der Waals surface area (Å²) < 4.78 is 0.194. The van der Waals surface area contributed by atoms with Gasteiger partial charge in [-0.05, 0) is 57.4 Å². The number of carbonyl (C=O) groups excluding carboxylic acids is 1. The van der Waals surface area contributed by atoms with Crippen LogP contribution in [0.15, 0.2) is 77.7 Å². The first-order valence-electron chi connectivity index (χ1n) is 10.1. The summed E-state index contributed by atoms with van der Waals surface area (Å²) in [6.45, 7) is 0. The van der Waals surface area contributed by atoms with Crippen molar-refractivity contribution in [2.24, 2.45) is 0 Å². The third kappa shape index (κ3) is 3.72. The largest absolute Gasteiger partial charge is 0.478 e. The van der Waals surface area contributed by atoms with Crippen molar-refractivity contribution < 1.29 is 24.6 Å². The number of thiocarbonyl (C=S) groups is 1. The highest BCUT2D eigenvalue weighted by atomic mass is 32.2. The van der Waals surface area contributed by atoms with Crippen molar-refractivity contribution in [2.45, 2.75) is 0 Å². The van der Waals surface area contributed by atoms with Gasteiger partial charge in [-0.1, -0.05) is 72.5 Å². The molecule has 0 radical (unpaired) electrons. The molecule has 0 atom stereocenters. The van der Waals surface area contributed by atoms with Gasteiger partial charge in [0.25, 0.3) is 5.91 Å². The van der Waals surface area contributed by atoms with Crippen LogP contribution in [-0.2, 0) is 4.79 Å². The molecule has 1 heterocycles. The van der Waals surface area contributed by atoms with Crippen LogP contribution >= 0.6 is 24.0 Å². The van der Waals surface area contributed by atoms with Gasteiger partial charge in [0.1, 0.15) is 0 Å². The van der Waals surface area contributed by atoms with Gasteiger partial charge in [0.2, 0.25) is 0 Å². The van der Waals surface area contributed by atoms with Crippen LogP contribution < -0.4 is 4.90 Å². The Morgan fingerprint density at radius 2 is 1.35 bits per heavy atom. The minimum atomic E-state index is -1.30. The number of carbonyl (C=O) groups is 3. The lowest BCUT2D eigenvalue weighted by Crippen LogP contribution is -2.28. The molecule has 8 heteroatoms. The zero-order chi connectivity index (χ0) is 24.0. The van der Waals surface area contributed by atoms with Crippen LogP contribution in [0.4, 0.5) is 5.69 Å². The van der Waals surface area contributed by atoms with Crippen molar-refractivity contribution >= 4 is 79.5 Å². The first-order valence-corrected chi connectivity index (χ1v) is 11.4. The molecule has 1 saturated heterocycles. The summed E-state index contributed by atoms with van der Waals surface area (Å²) in [5.41, 5.74) is 0.492. The van der Waals surface area contributed by atoms with Crippen molar-refractivity contribution in [3.8, 4) is 0 Å². The van der Waals surface area contributed by atoms with Crippen molar-refractivity contribution in [3.05, 3.63) is 94.4 Å². The molecular formula is C26H15NO5S2. The van der Waals surface area contributed by atoms with Crippen LogP contribution in [0.1, 0.15) is 26.3 Å². The molecule has 0 aromatic heterocycles. The Morgan fingerprint density at radius 1 is 0.824 bits per heavy atom. The maximum Gasteiger partial charge on any atom is 0.335 e. The van der Waals surface area contributed by atoms with Crippen LogP contribution in [0.3, 0.4) is 0 Å². The number of anilines is 1. The van der Waals surface area contributed by atoms with Gasteiger partial charge in [-0.25, -0.2) is 9.59 Å². The summed E-state index contributed by atoms with van der Waals surface area (Å²) in [5, 5.41) is 22.8. The van der Waals surface area contributed by atoms with Crippen LogP contribution in [0, 0.1) is 0 Å². The summed E-state index contributed by atoms with van der Waals surface area (Å²) in [4.78, 5) is 38.0. The third-order valence-corrected chi connectivity index (χ3v) is 6.85. The summed E-state index contributed by atoms with van der Waals surface area (Å²) in [7, 11) is 0. The van der Waals surface area contributed by atoms with Gasteiger partial charge < -0.3 is 10.2 Å². The number of nitrogens with zero attached hydrogens (tertiary/aromatic N) is 1. The van der Waals surface area contributed by atoms with Crippen molar-refractivity contribution in [3.63, 3.8) is 0 Å². The Balaban J connectivity index is 1.65. The zero-order valence-electron chi connectivity index (χ0n) is 17.4. The molecule has 166 valence electrons. The summed E-state index contributed by atoms with van der Waals surface area (Å²) in [5.74, 6) is -3.04. The van der Waals surface area contributed by atoms with E-state index >= 15 is 0 Å². The van der Waals surface area contributed by atoms with E-state index in [9.17, 15) is 24.6 Å². The summed E-state index contributed by atoms with van der Waals surface area (Å²) in [6.07, 6.45) is 1.79. The highest BCUT2D eigenvalue weighted by Crippen LogP contribution is 2.39. The molecule has 2 N–H and O–H groups in total. The Kier molecular flexibility index (Phi) is 5.39. The highest BCUT2D eigenvalue weighted by Gasteiger charge is 2.34. The van der Waals surface area contributed by atoms with Gasteiger partial charge in [-0.3, -0.25) is 9.69 Å². The second-order valence-electron chi connectivity index (χ2n) is 7.63. The van der Waals surface area contributed by atoms with Gasteiger partial charge in [0.15, 0.2) is 4.32 Å². The molecule has 0 unspecified atom stereocenters. The Bertz CT molecular complexity index is 1500. The van der Waals surface area contributed by atoms with E-state index in [1.54, 1.807) is 6.08 Å². The quantitative estimate of drug-likeness (QED) is 0.214. The fourth-order valence-electron chi connectivity index (χ4n) is 4.01. The summed E-state index contributed by atoms with van der Waals surface area (Å²) in [6, 6.07) is 21.4. The average molecular weight is 486 g/mol. The molecule has 1 aliphatic rings. The minimum Gasteiger partial charge on any atom is -0.478 e. The number of fused-ring (bicyclic) bond motifs is 2. The van der Waals surface area contributed by atoms with Gasteiger partial charge in [0.05, 0.1) is 21.7 Å². The van der Waals surface area contributed by atoms with Crippen molar-refractivity contribution in [1.82, 2.24) is 0 Å². The number of benzene rings is 4. The second kappa shape index (κ2) is 8.40. The number of carboxylic acid groups (broad SMARTS) is 2. The van der Waals surface area contributed by atoms with E-state index in [4.69, 9.17) is 12.2 Å². The highest BCUT2D eigenvalue weighted by molar-refractivity contribution is 8.27. The van der Waals surface area contributed by atoms with E-state index in [1.807, 2.05) is 48.5 Å². The van der Waals surface area contributed by atoms with Gasteiger partial charge in [-0.15, -0.1) is 0 Å². The zero-order valence-corrected chi connectivity index (χ0v) is 19.0. The number of rotatable bonds is 4. The number of carboxylic acids is 2. The van der Waals surface area contributed by atoms with Gasteiger partial charge in [-0.2, -0.15) is 0 Å². The van der Waals surface area contributed by atoms with E-state index in [0.717, 1.165) is 44.9 Å². The molecule has 1 fully saturated rings. The number of amides is 1. The lowest BCUT2D eigenvalue weighted by atomic mass is 9.96. The van der Waals surface area contributed by atoms with Crippen LogP contribution in [0.25, 0.3) is 27.6 Å². The fourth-order valence-corrected chi connectivity index (χ4v) is 5.29. The SMILES string of the molecule is O=C(O)c1cc(C(=O)O)cc(N2C(=O)/C(=C\c3c4ccccc4cc4ccccc34)SC2=S)c1. The monoisotopic (exact) mass is 485 g/mol. The maximum absolute atomic E-state index is 13.4. The number of hydrogen-bond acceptors (Lipinski definition) is 5. The summed E-state index contributed by atoms with van der Waals surface area (Å²) >= 11 is 6.53. The lowest BCUT2D eigenvalue weighted by molar-refractivity contribution is -0.113. The molecule has 4 aromatic rings. The van der Waals surface area contributed by atoms with Gasteiger partial charge in [0, 0.05) is 0 Å². The molecule has 0 bridgehead atoms. The molecule has 0 spiro atoms. The van der Waals surface area contributed by atoms with E-state index in [2.05, 4.69) is 6.07 Å². The molecule has 6 nitrogen and oxygen atoms in total. The Labute approximate surface area is 203 Å². The molecule has 1 aliphatic heterocycles. The molecule has 0 aliphatic carbocycles. The first-order chi connectivity index (χ1) is 16.3. The number of hydrogen-bond donors (Lipinski definition) is 2. The smallest absolute Gasteiger partial charge is 0.335 e. The number of thioether (sulfide) groups is 1. The Morgan fingerprint density at radius 3 is 1.88 bits per heavy atom. The molecule has 5 rings (SSSR count). The lowest BCUT2D eigenvalue weighted by Gasteiger charge is -2.16. The number of aromatic carboxylic acids is 2. The van der Waals surface area contributed by atoms with Crippen LogP contribution in [0.2, 0.25) is 0 Å². The van der Waals surface area contributed by atoms with Gasteiger partial charge >= 0.3 is 11.9 Å². The predicted molar refractivity (Wildman–Crippen MR) is 137 cm³/mol. The molecule has 34 heavy (non-hydrogen) atoms. The van der Waals surface area contributed by atoms with E-state index in [-0.39, 0.29) is 21.1 Å². The minimum absolute atomic E-state index is 0.103. The molecule has 4 aromatic carbocycles. The van der Waals surface area contributed by atoms with Crippen molar-refractivity contribution in [1.29, 1.82) is 0 Å². The predicted octanol–water partition coefficient (Wildman–Crippen LogP) is 5.80. The van der Waals surface area contributed by atoms with Crippen LogP contribution in [-0.4, -0.2) is 32.4 Å². The average Bonchev–Trinajstić information content (AvgIpc) is 3.11. The van der Waals surface area contributed by atoms with E-state index < -0.39 is 17.8 Å². The van der Waals surface area contributed by atoms with E-state index in [1.165, 1.54) is 17.0 Å². The standard InChI is InChI=1S/C26H15NO5S2/c28-23-22(13-21-19-7-3-1-5-14(19)9-15-6-2-4-8-20(15)21)34-26(33)27(23)18-11-16(24(29)30)10-17(12-18)25(31)32/h1-13H,(H,29,30)(H,31,32)/b22-13+. The fraction of sp³-hybridized carbons (Fsp3) is 0. The maximum atomic E-state index is 13.4. The Hall–Kier alpha value is -4.01. The first kappa shape index (κ1) is 21.8. The molecular weight excluding hydrogens is 470 g/mol. The topological polar surface area (TPSA) is 94.9 Å². The second-order valence-corrected chi connectivity index (χ2v) is 9.30. The van der Waals surface area contributed by atoms with E-state index in [0.29, 0.717) is 4.91 Å². The normalized spacial score (nSPS) is 14.9. The molecule has 0 saturated carbocycles.